The van der Waals surface area contributed by atoms with Gasteiger partial charge in [-0.25, -0.2) is 14.8 Å². The van der Waals surface area contributed by atoms with Crippen molar-refractivity contribution in [1.29, 1.82) is 0 Å². The van der Waals surface area contributed by atoms with E-state index in [2.05, 4.69) is 9.97 Å². The standard InChI is InChI=1S/C16H8N2O3/c19-15-8-3-1-5-10(16(20)21)12(8)14-13-9(15)4-2-6-11(13)17-7-18-14/h1-7H,(H,20,21). The van der Waals surface area contributed by atoms with E-state index in [4.69, 9.17) is 0 Å². The Morgan fingerprint density at radius 2 is 1.76 bits per heavy atom. The van der Waals surface area contributed by atoms with Crippen LogP contribution in [-0.4, -0.2) is 26.8 Å². The average Bonchev–Trinajstić information content (AvgIpc) is 2.51. The molecule has 1 N–H and O–H groups in total. The Morgan fingerprint density at radius 3 is 2.57 bits per heavy atom. The predicted octanol–water partition coefficient (Wildman–Crippen LogP) is 2.54. The normalized spacial score (nSPS) is 12.3. The van der Waals surface area contributed by atoms with E-state index in [9.17, 15) is 14.7 Å². The highest BCUT2D eigenvalue weighted by Crippen LogP contribution is 2.38. The number of fused-ring (bicyclic) bond motifs is 2. The molecule has 0 amide bonds. The van der Waals surface area contributed by atoms with Gasteiger partial charge in [0.1, 0.15) is 6.33 Å². The summed E-state index contributed by atoms with van der Waals surface area (Å²) in [5.74, 6) is -1.27. The van der Waals surface area contributed by atoms with Gasteiger partial charge in [0.15, 0.2) is 5.78 Å². The van der Waals surface area contributed by atoms with E-state index >= 15 is 0 Å². The molecule has 5 heteroatoms. The van der Waals surface area contributed by atoms with Gasteiger partial charge in [0, 0.05) is 22.1 Å². The number of ketones is 1. The summed E-state index contributed by atoms with van der Waals surface area (Å²) in [5, 5.41) is 9.99. The fourth-order valence-corrected chi connectivity index (χ4v) is 2.81. The molecule has 1 aliphatic rings. The molecule has 0 saturated heterocycles. The summed E-state index contributed by atoms with van der Waals surface area (Å²) in [6, 6.07) is 9.95. The molecule has 2 aromatic carbocycles. The van der Waals surface area contributed by atoms with Gasteiger partial charge in [-0.3, -0.25) is 4.79 Å². The van der Waals surface area contributed by atoms with E-state index in [1.165, 1.54) is 12.4 Å². The van der Waals surface area contributed by atoms with Crippen LogP contribution in [0.4, 0.5) is 0 Å². The number of carboxylic acids is 1. The maximum absolute atomic E-state index is 12.6. The van der Waals surface area contributed by atoms with Gasteiger partial charge in [0.25, 0.3) is 0 Å². The Bertz CT molecular complexity index is 942. The number of benzene rings is 2. The van der Waals surface area contributed by atoms with Crippen molar-refractivity contribution in [2.75, 3.05) is 0 Å². The fraction of sp³-hybridized carbons (Fsp3) is 0. The number of nitrogens with zero attached hydrogens (tertiary/aromatic N) is 2. The lowest BCUT2D eigenvalue weighted by molar-refractivity contribution is 0.0697. The zero-order chi connectivity index (χ0) is 14.6. The number of rotatable bonds is 1. The Labute approximate surface area is 118 Å². The zero-order valence-electron chi connectivity index (χ0n) is 10.7. The largest absolute Gasteiger partial charge is 0.478 e. The Morgan fingerprint density at radius 1 is 1.00 bits per heavy atom. The van der Waals surface area contributed by atoms with Crippen LogP contribution in [0.2, 0.25) is 0 Å². The van der Waals surface area contributed by atoms with Gasteiger partial charge in [0.2, 0.25) is 0 Å². The number of hydrogen-bond donors (Lipinski definition) is 1. The van der Waals surface area contributed by atoms with Crippen LogP contribution in [0.15, 0.2) is 42.7 Å². The first kappa shape index (κ1) is 11.7. The Balaban J connectivity index is 2.25. The smallest absolute Gasteiger partial charge is 0.336 e. The zero-order valence-corrected chi connectivity index (χ0v) is 10.7. The minimum Gasteiger partial charge on any atom is -0.478 e. The molecule has 100 valence electrons. The highest BCUT2D eigenvalue weighted by Gasteiger charge is 2.29. The molecule has 0 unspecified atom stereocenters. The topological polar surface area (TPSA) is 80.2 Å². The van der Waals surface area contributed by atoms with E-state index in [-0.39, 0.29) is 11.3 Å². The van der Waals surface area contributed by atoms with Gasteiger partial charge in [-0.05, 0) is 12.1 Å². The van der Waals surface area contributed by atoms with Crippen molar-refractivity contribution in [3.05, 3.63) is 59.4 Å². The van der Waals surface area contributed by atoms with Crippen molar-refractivity contribution in [3.63, 3.8) is 0 Å². The van der Waals surface area contributed by atoms with Crippen LogP contribution >= 0.6 is 0 Å². The van der Waals surface area contributed by atoms with Gasteiger partial charge in [0.05, 0.1) is 16.8 Å². The lowest BCUT2D eigenvalue weighted by atomic mass is 9.84. The minimum absolute atomic E-state index is 0.0790. The summed E-state index contributed by atoms with van der Waals surface area (Å²) < 4.78 is 0. The molecule has 21 heavy (non-hydrogen) atoms. The summed E-state index contributed by atoms with van der Waals surface area (Å²) in [7, 11) is 0. The summed E-state index contributed by atoms with van der Waals surface area (Å²) in [5.41, 5.74) is 2.48. The number of carbonyl (C=O) groups excluding carboxylic acids is 1. The second-order valence-electron chi connectivity index (χ2n) is 4.78. The molecule has 0 atom stereocenters. The van der Waals surface area contributed by atoms with Gasteiger partial charge >= 0.3 is 5.97 Å². The molecule has 1 aromatic heterocycles. The van der Waals surface area contributed by atoms with Crippen LogP contribution in [0.1, 0.15) is 26.3 Å². The lowest BCUT2D eigenvalue weighted by Crippen LogP contribution is -2.14. The van der Waals surface area contributed by atoms with Crippen LogP contribution in [0.3, 0.4) is 0 Å². The van der Waals surface area contributed by atoms with E-state index < -0.39 is 5.97 Å². The van der Waals surface area contributed by atoms with Crippen LogP contribution in [0.25, 0.3) is 22.2 Å². The number of hydrogen-bond acceptors (Lipinski definition) is 4. The Kier molecular flexibility index (Phi) is 2.21. The second-order valence-corrected chi connectivity index (χ2v) is 4.78. The van der Waals surface area contributed by atoms with Gasteiger partial charge in [-0.1, -0.05) is 24.3 Å². The fourth-order valence-electron chi connectivity index (χ4n) is 2.81. The summed E-state index contributed by atoms with van der Waals surface area (Å²) >= 11 is 0. The molecular weight excluding hydrogens is 268 g/mol. The number of carboxylic acid groups (broad SMARTS) is 1. The molecule has 0 spiro atoms. The molecule has 1 heterocycles. The molecule has 3 aromatic rings. The van der Waals surface area contributed by atoms with Crippen LogP contribution in [0.5, 0.6) is 0 Å². The first-order valence-electron chi connectivity index (χ1n) is 6.33. The highest BCUT2D eigenvalue weighted by molar-refractivity contribution is 6.26. The highest BCUT2D eigenvalue weighted by atomic mass is 16.4. The van der Waals surface area contributed by atoms with Crippen LogP contribution in [-0.2, 0) is 0 Å². The van der Waals surface area contributed by atoms with Gasteiger partial charge < -0.3 is 5.11 Å². The summed E-state index contributed by atoms with van der Waals surface area (Å²) in [6.45, 7) is 0. The first-order valence-corrected chi connectivity index (χ1v) is 6.33. The summed E-state index contributed by atoms with van der Waals surface area (Å²) in [4.78, 5) is 32.5. The third-order valence-electron chi connectivity index (χ3n) is 3.68. The van der Waals surface area contributed by atoms with E-state index in [1.54, 1.807) is 30.3 Å². The number of aromatic carboxylic acids is 1. The summed E-state index contributed by atoms with van der Waals surface area (Å²) in [6.07, 6.45) is 1.39. The number of carbonyl (C=O) groups is 2. The maximum Gasteiger partial charge on any atom is 0.336 e. The second kappa shape index (κ2) is 3.96. The van der Waals surface area contributed by atoms with Crippen molar-refractivity contribution in [3.8, 4) is 11.3 Å². The molecule has 4 rings (SSSR count). The molecule has 1 aliphatic carbocycles. The van der Waals surface area contributed by atoms with E-state index in [0.29, 0.717) is 33.3 Å². The third kappa shape index (κ3) is 1.45. The lowest BCUT2D eigenvalue weighted by Gasteiger charge is -2.19. The van der Waals surface area contributed by atoms with Crippen molar-refractivity contribution in [2.24, 2.45) is 0 Å². The molecule has 0 saturated carbocycles. The molecule has 0 fully saturated rings. The van der Waals surface area contributed by atoms with Gasteiger partial charge in [-0.2, -0.15) is 0 Å². The first-order chi connectivity index (χ1) is 10.2. The molecule has 0 radical (unpaired) electrons. The molecule has 5 nitrogen and oxygen atoms in total. The van der Waals surface area contributed by atoms with Crippen LogP contribution in [0, 0.1) is 0 Å². The van der Waals surface area contributed by atoms with Crippen LogP contribution < -0.4 is 0 Å². The average molecular weight is 276 g/mol. The molecular formula is C16H8N2O3. The minimum atomic E-state index is -1.08. The quantitative estimate of drug-likeness (QED) is 0.578. The SMILES string of the molecule is O=C(O)c1cccc2c1-c1ncnc3cccc(c13)C2=O. The maximum atomic E-state index is 12.6. The van der Waals surface area contributed by atoms with Crippen molar-refractivity contribution in [2.45, 2.75) is 0 Å². The van der Waals surface area contributed by atoms with E-state index in [1.807, 2.05) is 0 Å². The monoisotopic (exact) mass is 276 g/mol. The third-order valence-corrected chi connectivity index (χ3v) is 3.68. The Hall–Kier alpha value is -3.08. The van der Waals surface area contributed by atoms with Crippen molar-refractivity contribution in [1.82, 2.24) is 9.97 Å². The van der Waals surface area contributed by atoms with Crippen molar-refractivity contribution >= 4 is 22.7 Å². The predicted molar refractivity (Wildman–Crippen MR) is 75.4 cm³/mol. The van der Waals surface area contributed by atoms with E-state index in [0.717, 1.165) is 0 Å². The van der Waals surface area contributed by atoms with Gasteiger partial charge in [-0.15, -0.1) is 0 Å². The van der Waals surface area contributed by atoms with Crippen molar-refractivity contribution < 1.29 is 14.7 Å². The molecule has 0 bridgehead atoms. The molecule has 0 aliphatic heterocycles. The number of aromatic nitrogens is 2.